The molecule has 12 heavy (non-hydrogen) atoms. The van der Waals surface area contributed by atoms with Gasteiger partial charge in [0.25, 0.3) is 0 Å². The number of rotatable bonds is 7. The van der Waals surface area contributed by atoms with E-state index in [1.807, 2.05) is 0 Å². The van der Waals surface area contributed by atoms with E-state index < -0.39 is 0 Å². The fourth-order valence-electron chi connectivity index (χ4n) is 1.35. The molecule has 0 aromatic heterocycles. The molecule has 0 aliphatic heterocycles. The summed E-state index contributed by atoms with van der Waals surface area (Å²) in [5, 5.41) is 8.85. The first-order valence-electron chi connectivity index (χ1n) is 5.17. The topological polar surface area (TPSA) is 20.2 Å². The lowest BCUT2D eigenvalue weighted by Crippen LogP contribution is -1.85. The van der Waals surface area contributed by atoms with Gasteiger partial charge in [0.2, 0.25) is 0 Å². The molecule has 72 valence electrons. The Morgan fingerprint density at radius 1 is 1.00 bits per heavy atom. The number of hydrogen-bond donors (Lipinski definition) is 1. The van der Waals surface area contributed by atoms with E-state index in [4.69, 9.17) is 5.11 Å². The van der Waals surface area contributed by atoms with Crippen LogP contribution >= 0.6 is 0 Å². The maximum absolute atomic E-state index is 8.85. The van der Waals surface area contributed by atoms with Crippen LogP contribution in [0.2, 0.25) is 0 Å². The Bertz CT molecular complexity index is 116. The molecule has 1 N–H and O–H groups in total. The number of unbranched alkanes of at least 4 members (excludes halogenated alkanes) is 3. The SMILES string of the molecule is CCCCCCC(=CO)CCC. The molecule has 0 rings (SSSR count). The molecular formula is C11H22O. The summed E-state index contributed by atoms with van der Waals surface area (Å²) in [6.45, 7) is 4.37. The third-order valence-corrected chi connectivity index (χ3v) is 2.11. The molecule has 1 heteroatoms. The van der Waals surface area contributed by atoms with Crippen molar-refractivity contribution in [2.24, 2.45) is 0 Å². The van der Waals surface area contributed by atoms with Crippen LogP contribution in [0.15, 0.2) is 11.8 Å². The van der Waals surface area contributed by atoms with Gasteiger partial charge < -0.3 is 5.11 Å². The first-order chi connectivity index (χ1) is 5.85. The van der Waals surface area contributed by atoms with Crippen LogP contribution in [-0.4, -0.2) is 5.11 Å². The summed E-state index contributed by atoms with van der Waals surface area (Å²) in [4.78, 5) is 0. The monoisotopic (exact) mass is 170 g/mol. The van der Waals surface area contributed by atoms with E-state index in [9.17, 15) is 0 Å². The van der Waals surface area contributed by atoms with Crippen LogP contribution < -0.4 is 0 Å². The second-order valence-electron chi connectivity index (χ2n) is 3.35. The Balaban J connectivity index is 3.33. The molecule has 0 spiro atoms. The minimum absolute atomic E-state index is 1.06. The Morgan fingerprint density at radius 3 is 2.25 bits per heavy atom. The van der Waals surface area contributed by atoms with Gasteiger partial charge in [-0.1, -0.05) is 39.5 Å². The molecule has 0 heterocycles. The molecule has 0 unspecified atom stereocenters. The lowest BCUT2D eigenvalue weighted by atomic mass is 10.0. The zero-order valence-electron chi connectivity index (χ0n) is 8.47. The molecule has 0 fully saturated rings. The van der Waals surface area contributed by atoms with Crippen LogP contribution in [0.1, 0.15) is 58.8 Å². The zero-order chi connectivity index (χ0) is 9.23. The Hall–Kier alpha value is -0.460. The second kappa shape index (κ2) is 8.63. The minimum Gasteiger partial charge on any atom is -0.516 e. The molecule has 0 aliphatic carbocycles. The summed E-state index contributed by atoms with van der Waals surface area (Å²) in [6, 6.07) is 0. The van der Waals surface area contributed by atoms with Crippen molar-refractivity contribution < 1.29 is 5.11 Å². The molecule has 0 aromatic rings. The van der Waals surface area contributed by atoms with Crippen molar-refractivity contribution in [3.05, 3.63) is 11.8 Å². The average molecular weight is 170 g/mol. The molecule has 0 bridgehead atoms. The van der Waals surface area contributed by atoms with Gasteiger partial charge >= 0.3 is 0 Å². The molecule has 0 aliphatic rings. The van der Waals surface area contributed by atoms with Crippen LogP contribution in [0.3, 0.4) is 0 Å². The van der Waals surface area contributed by atoms with Gasteiger partial charge in [0.15, 0.2) is 0 Å². The van der Waals surface area contributed by atoms with Gasteiger partial charge in [0, 0.05) is 0 Å². The Kier molecular flexibility index (Phi) is 8.30. The highest BCUT2D eigenvalue weighted by Gasteiger charge is 1.95. The van der Waals surface area contributed by atoms with Crippen LogP contribution in [0, 0.1) is 0 Å². The molecule has 0 radical (unpaired) electrons. The van der Waals surface area contributed by atoms with E-state index in [0.717, 1.165) is 19.3 Å². The van der Waals surface area contributed by atoms with Gasteiger partial charge in [0.05, 0.1) is 6.26 Å². The van der Waals surface area contributed by atoms with Gasteiger partial charge in [-0.2, -0.15) is 0 Å². The third-order valence-electron chi connectivity index (χ3n) is 2.11. The van der Waals surface area contributed by atoms with Crippen molar-refractivity contribution in [2.75, 3.05) is 0 Å². The summed E-state index contributed by atoms with van der Waals surface area (Å²) in [5.41, 5.74) is 1.22. The fraction of sp³-hybridized carbons (Fsp3) is 0.818. The lowest BCUT2D eigenvalue weighted by molar-refractivity contribution is 0.458. The van der Waals surface area contributed by atoms with Gasteiger partial charge in [-0.15, -0.1) is 0 Å². The van der Waals surface area contributed by atoms with Gasteiger partial charge in [0.1, 0.15) is 0 Å². The van der Waals surface area contributed by atoms with Crippen molar-refractivity contribution in [3.63, 3.8) is 0 Å². The van der Waals surface area contributed by atoms with Crippen molar-refractivity contribution in [2.45, 2.75) is 58.8 Å². The molecular weight excluding hydrogens is 148 g/mol. The summed E-state index contributed by atoms with van der Waals surface area (Å²) in [7, 11) is 0. The highest BCUT2D eigenvalue weighted by atomic mass is 16.2. The summed E-state index contributed by atoms with van der Waals surface area (Å²) < 4.78 is 0. The van der Waals surface area contributed by atoms with Crippen LogP contribution in [0.5, 0.6) is 0 Å². The van der Waals surface area contributed by atoms with Crippen molar-refractivity contribution in [1.82, 2.24) is 0 Å². The van der Waals surface area contributed by atoms with Crippen LogP contribution in [0.25, 0.3) is 0 Å². The Morgan fingerprint density at radius 2 is 1.75 bits per heavy atom. The maximum Gasteiger partial charge on any atom is 0.0783 e. The molecule has 0 saturated heterocycles. The molecule has 0 saturated carbocycles. The largest absolute Gasteiger partial charge is 0.516 e. The first kappa shape index (κ1) is 11.5. The predicted octanol–water partition coefficient (Wildman–Crippen LogP) is 4.20. The van der Waals surface area contributed by atoms with Crippen LogP contribution in [-0.2, 0) is 0 Å². The summed E-state index contributed by atoms with van der Waals surface area (Å²) in [6.07, 6.45) is 9.73. The lowest BCUT2D eigenvalue weighted by Gasteiger charge is -2.03. The number of hydrogen-bond acceptors (Lipinski definition) is 1. The second-order valence-corrected chi connectivity index (χ2v) is 3.35. The van der Waals surface area contributed by atoms with Crippen molar-refractivity contribution in [3.8, 4) is 0 Å². The zero-order valence-corrected chi connectivity index (χ0v) is 8.47. The molecule has 1 nitrogen and oxygen atoms in total. The first-order valence-corrected chi connectivity index (χ1v) is 5.17. The maximum atomic E-state index is 8.85. The van der Waals surface area contributed by atoms with E-state index in [2.05, 4.69) is 13.8 Å². The standard InChI is InChI=1S/C11H22O/c1-3-5-6-7-9-11(10-12)8-4-2/h10,12H,3-9H2,1-2H3. The quantitative estimate of drug-likeness (QED) is 0.448. The number of allylic oxidation sites excluding steroid dienone is 1. The highest BCUT2D eigenvalue weighted by Crippen LogP contribution is 2.13. The molecule has 0 aromatic carbocycles. The number of aliphatic hydroxyl groups is 1. The molecule has 0 atom stereocenters. The highest BCUT2D eigenvalue weighted by molar-refractivity contribution is 4.96. The average Bonchev–Trinajstić information content (AvgIpc) is 2.10. The molecule has 0 amide bonds. The number of aliphatic hydroxyl groups excluding tert-OH is 1. The van der Waals surface area contributed by atoms with E-state index in [1.165, 1.54) is 37.5 Å². The van der Waals surface area contributed by atoms with Gasteiger partial charge in [-0.3, -0.25) is 0 Å². The van der Waals surface area contributed by atoms with E-state index in [-0.39, 0.29) is 0 Å². The third kappa shape index (κ3) is 6.26. The Labute approximate surface area is 76.5 Å². The van der Waals surface area contributed by atoms with Gasteiger partial charge in [-0.25, -0.2) is 0 Å². The van der Waals surface area contributed by atoms with Gasteiger partial charge in [-0.05, 0) is 24.8 Å². The summed E-state index contributed by atoms with van der Waals surface area (Å²) >= 11 is 0. The van der Waals surface area contributed by atoms with E-state index >= 15 is 0 Å². The summed E-state index contributed by atoms with van der Waals surface area (Å²) in [5.74, 6) is 0. The van der Waals surface area contributed by atoms with E-state index in [0.29, 0.717) is 0 Å². The minimum atomic E-state index is 1.06. The fourth-order valence-corrected chi connectivity index (χ4v) is 1.35. The van der Waals surface area contributed by atoms with Crippen LogP contribution in [0.4, 0.5) is 0 Å². The van der Waals surface area contributed by atoms with Crippen molar-refractivity contribution >= 4 is 0 Å². The predicted molar refractivity (Wildman–Crippen MR) is 54.4 cm³/mol. The smallest absolute Gasteiger partial charge is 0.0783 e. The van der Waals surface area contributed by atoms with E-state index in [1.54, 1.807) is 0 Å². The van der Waals surface area contributed by atoms with Crippen molar-refractivity contribution in [1.29, 1.82) is 0 Å². The normalized spacial score (nSPS) is 12.0.